The van der Waals surface area contributed by atoms with Gasteiger partial charge in [-0.25, -0.2) is 19.0 Å². The van der Waals surface area contributed by atoms with Crippen LogP contribution < -0.4 is 11.4 Å². The number of nitrogens with two attached hydrogens (primary N) is 1. The third-order valence-corrected chi connectivity index (χ3v) is 3.01. The molecule has 2 rings (SSSR count). The minimum atomic E-state index is -1.89. The van der Waals surface area contributed by atoms with Gasteiger partial charge in [-0.3, -0.25) is 0 Å². The summed E-state index contributed by atoms with van der Waals surface area (Å²) in [4.78, 5) is 16.0. The molecule has 0 saturated carbocycles. The van der Waals surface area contributed by atoms with E-state index in [4.69, 9.17) is 5.73 Å². The van der Waals surface area contributed by atoms with Gasteiger partial charge < -0.3 is 5.73 Å². The molecule has 0 amide bonds. The zero-order valence-electron chi connectivity index (χ0n) is 10.1. The topological polar surface area (TPSA) is 78.7 Å². The summed E-state index contributed by atoms with van der Waals surface area (Å²) in [5.41, 5.74) is 4.88. The maximum absolute atomic E-state index is 12.5. The zero-order chi connectivity index (χ0) is 14.7. The SMILES string of the molecule is NCC(Cn1ncn(-c2ccnc(Br)c2)c1=O)=C(F)F. The second kappa shape index (κ2) is 6.06. The summed E-state index contributed by atoms with van der Waals surface area (Å²) in [6, 6.07) is 3.22. The third kappa shape index (κ3) is 2.99. The van der Waals surface area contributed by atoms with Gasteiger partial charge in [-0.2, -0.15) is 13.9 Å². The highest BCUT2D eigenvalue weighted by atomic mass is 79.9. The number of pyridine rings is 1. The molecule has 6 nitrogen and oxygen atoms in total. The molecular weight excluding hydrogens is 336 g/mol. The Morgan fingerprint density at radius 1 is 1.45 bits per heavy atom. The van der Waals surface area contributed by atoms with Gasteiger partial charge in [0.15, 0.2) is 0 Å². The minimum Gasteiger partial charge on any atom is -0.327 e. The van der Waals surface area contributed by atoms with E-state index in [1.165, 1.54) is 17.1 Å². The lowest BCUT2D eigenvalue weighted by Crippen LogP contribution is -2.26. The molecule has 20 heavy (non-hydrogen) atoms. The van der Waals surface area contributed by atoms with Crippen molar-refractivity contribution in [1.82, 2.24) is 19.3 Å². The molecule has 0 radical (unpaired) electrons. The lowest BCUT2D eigenvalue weighted by molar-refractivity contribution is 0.400. The van der Waals surface area contributed by atoms with Crippen LogP contribution in [0.1, 0.15) is 0 Å². The molecule has 106 valence electrons. The molecule has 0 aliphatic heterocycles. The predicted molar refractivity (Wildman–Crippen MR) is 71.6 cm³/mol. The van der Waals surface area contributed by atoms with Crippen LogP contribution in [0.3, 0.4) is 0 Å². The first-order chi connectivity index (χ1) is 9.52. The first-order valence-electron chi connectivity index (χ1n) is 5.52. The zero-order valence-corrected chi connectivity index (χ0v) is 11.7. The van der Waals surface area contributed by atoms with Crippen molar-refractivity contribution in [2.45, 2.75) is 6.54 Å². The molecular formula is C11H10BrF2N5O. The Balaban J connectivity index is 2.38. The van der Waals surface area contributed by atoms with E-state index in [0.29, 0.717) is 10.3 Å². The summed E-state index contributed by atoms with van der Waals surface area (Å²) in [6.07, 6.45) is 0.880. The molecule has 0 atom stereocenters. The smallest absolute Gasteiger partial charge is 0.327 e. The van der Waals surface area contributed by atoms with Gasteiger partial charge in [-0.15, -0.1) is 0 Å². The van der Waals surface area contributed by atoms with Crippen LogP contribution in [0.2, 0.25) is 0 Å². The molecule has 0 spiro atoms. The van der Waals surface area contributed by atoms with Gasteiger partial charge in [0.05, 0.1) is 12.2 Å². The van der Waals surface area contributed by atoms with Crippen LogP contribution in [0.25, 0.3) is 5.69 Å². The van der Waals surface area contributed by atoms with E-state index >= 15 is 0 Å². The van der Waals surface area contributed by atoms with E-state index in [2.05, 4.69) is 26.0 Å². The van der Waals surface area contributed by atoms with Crippen molar-refractivity contribution in [2.24, 2.45) is 5.73 Å². The maximum atomic E-state index is 12.5. The van der Waals surface area contributed by atoms with E-state index in [9.17, 15) is 13.6 Å². The highest BCUT2D eigenvalue weighted by Gasteiger charge is 2.11. The first kappa shape index (κ1) is 14.5. The van der Waals surface area contributed by atoms with Gasteiger partial charge >= 0.3 is 5.69 Å². The first-order valence-corrected chi connectivity index (χ1v) is 6.31. The highest BCUT2D eigenvalue weighted by molar-refractivity contribution is 9.10. The molecule has 2 aromatic heterocycles. The molecule has 0 bridgehead atoms. The normalized spacial score (nSPS) is 10.6. The Kier molecular flexibility index (Phi) is 4.40. The number of hydrogen-bond donors (Lipinski definition) is 1. The monoisotopic (exact) mass is 345 g/mol. The maximum Gasteiger partial charge on any atom is 0.350 e. The summed E-state index contributed by atoms with van der Waals surface area (Å²) in [6.45, 7) is -0.667. The average molecular weight is 346 g/mol. The second-order valence-electron chi connectivity index (χ2n) is 3.85. The van der Waals surface area contributed by atoms with E-state index in [-0.39, 0.29) is 18.7 Å². The quantitative estimate of drug-likeness (QED) is 0.847. The van der Waals surface area contributed by atoms with Gasteiger partial charge in [0.25, 0.3) is 6.08 Å². The van der Waals surface area contributed by atoms with Crippen LogP contribution in [0.15, 0.2) is 45.7 Å². The van der Waals surface area contributed by atoms with Gasteiger partial charge in [0.1, 0.15) is 10.9 Å². The fourth-order valence-corrected chi connectivity index (χ4v) is 1.90. The lowest BCUT2D eigenvalue weighted by atomic mass is 10.3. The number of nitrogens with zero attached hydrogens (tertiary/aromatic N) is 4. The number of hydrogen-bond acceptors (Lipinski definition) is 4. The predicted octanol–water partition coefficient (Wildman–Crippen LogP) is 1.30. The van der Waals surface area contributed by atoms with Crippen molar-refractivity contribution < 1.29 is 8.78 Å². The fourth-order valence-electron chi connectivity index (χ4n) is 1.55. The van der Waals surface area contributed by atoms with E-state index < -0.39 is 11.8 Å². The van der Waals surface area contributed by atoms with Crippen molar-refractivity contribution in [3.05, 3.63) is 51.4 Å². The van der Waals surface area contributed by atoms with Crippen molar-refractivity contribution in [1.29, 1.82) is 0 Å². The second-order valence-corrected chi connectivity index (χ2v) is 4.66. The van der Waals surface area contributed by atoms with Crippen molar-refractivity contribution in [3.8, 4) is 5.69 Å². The van der Waals surface area contributed by atoms with E-state index in [0.717, 1.165) is 4.68 Å². The molecule has 0 aromatic carbocycles. The van der Waals surface area contributed by atoms with E-state index in [1.807, 2.05) is 0 Å². The summed E-state index contributed by atoms with van der Waals surface area (Å²) in [5, 5.41) is 3.80. The standard InChI is InChI=1S/C11H10BrF2N5O/c12-9-3-8(1-2-16-9)18-6-17-19(11(18)20)5-7(4-15)10(13)14/h1-3,6H,4-5,15H2. The van der Waals surface area contributed by atoms with Gasteiger partial charge in [-0.05, 0) is 28.1 Å². The van der Waals surface area contributed by atoms with Crippen LogP contribution in [0, 0.1) is 0 Å². The molecule has 0 saturated heterocycles. The molecule has 0 unspecified atom stereocenters. The summed E-state index contributed by atoms with van der Waals surface area (Å²) in [7, 11) is 0. The van der Waals surface area contributed by atoms with Crippen LogP contribution >= 0.6 is 15.9 Å². The fraction of sp³-hybridized carbons (Fsp3) is 0.182. The molecule has 9 heteroatoms. The molecule has 2 heterocycles. The largest absolute Gasteiger partial charge is 0.350 e. The minimum absolute atomic E-state index is 0.326. The number of rotatable bonds is 4. The Labute approximate surface area is 120 Å². The summed E-state index contributed by atoms with van der Waals surface area (Å²) >= 11 is 3.18. The highest BCUT2D eigenvalue weighted by Crippen LogP contribution is 2.11. The van der Waals surface area contributed by atoms with Crippen LogP contribution in [-0.2, 0) is 6.54 Å². The summed E-state index contributed by atoms with van der Waals surface area (Å²) in [5.74, 6) is 0. The Morgan fingerprint density at radius 2 is 2.20 bits per heavy atom. The van der Waals surface area contributed by atoms with Crippen LogP contribution in [0.5, 0.6) is 0 Å². The average Bonchev–Trinajstić information content (AvgIpc) is 2.77. The van der Waals surface area contributed by atoms with Crippen molar-refractivity contribution >= 4 is 15.9 Å². The molecule has 2 aromatic rings. The number of aromatic nitrogens is 4. The van der Waals surface area contributed by atoms with Gasteiger partial charge in [0.2, 0.25) is 0 Å². The third-order valence-electron chi connectivity index (χ3n) is 2.58. The van der Waals surface area contributed by atoms with Crippen LogP contribution in [-0.4, -0.2) is 25.9 Å². The van der Waals surface area contributed by atoms with Crippen molar-refractivity contribution in [2.75, 3.05) is 6.54 Å². The van der Waals surface area contributed by atoms with E-state index in [1.54, 1.807) is 12.1 Å². The molecule has 0 fully saturated rings. The molecule has 2 N–H and O–H groups in total. The number of halogens is 3. The molecule has 0 aliphatic carbocycles. The Hall–Kier alpha value is -1.87. The van der Waals surface area contributed by atoms with Gasteiger partial charge in [-0.1, -0.05) is 0 Å². The summed E-state index contributed by atoms with van der Waals surface area (Å²) < 4.78 is 27.8. The Morgan fingerprint density at radius 3 is 2.80 bits per heavy atom. The Bertz CT molecular complexity index is 705. The van der Waals surface area contributed by atoms with Crippen molar-refractivity contribution in [3.63, 3.8) is 0 Å². The van der Waals surface area contributed by atoms with Gasteiger partial charge in [0, 0.05) is 18.3 Å². The van der Waals surface area contributed by atoms with Crippen LogP contribution in [0.4, 0.5) is 8.78 Å². The lowest BCUT2D eigenvalue weighted by Gasteiger charge is -2.02. The molecule has 0 aliphatic rings.